The van der Waals surface area contributed by atoms with E-state index in [9.17, 15) is 4.79 Å². The quantitative estimate of drug-likeness (QED) is 0.756. The molecule has 2 rings (SSSR count). The van der Waals surface area contributed by atoms with Crippen LogP contribution in [0.2, 0.25) is 0 Å². The molecule has 1 amide bonds. The van der Waals surface area contributed by atoms with Gasteiger partial charge in [0, 0.05) is 32.7 Å². The van der Waals surface area contributed by atoms with E-state index in [1.165, 1.54) is 6.20 Å². The number of morpholine rings is 1. The van der Waals surface area contributed by atoms with Gasteiger partial charge >= 0.3 is 0 Å². The minimum Gasteiger partial charge on any atom is -0.379 e. The Bertz CT molecular complexity index is 431. The summed E-state index contributed by atoms with van der Waals surface area (Å²) < 4.78 is 5.28. The van der Waals surface area contributed by atoms with Crippen molar-refractivity contribution in [1.82, 2.24) is 20.2 Å². The number of carbonyl (C=O) groups excluding carboxylic acids is 1. The Morgan fingerprint density at radius 2 is 2.10 bits per heavy atom. The number of ether oxygens (including phenoxy) is 1. The molecule has 1 aliphatic rings. The predicted molar refractivity (Wildman–Crippen MR) is 80.4 cm³/mol. The maximum Gasteiger partial charge on any atom is 0.271 e. The van der Waals surface area contributed by atoms with Gasteiger partial charge in [-0.2, -0.15) is 0 Å². The molecule has 0 radical (unpaired) electrons. The number of nitrogens with zero attached hydrogens (tertiary/aromatic N) is 3. The molecule has 1 fully saturated rings. The van der Waals surface area contributed by atoms with Crippen molar-refractivity contribution in [2.75, 3.05) is 51.3 Å². The first-order valence-electron chi connectivity index (χ1n) is 7.44. The van der Waals surface area contributed by atoms with Gasteiger partial charge in [0.05, 0.1) is 25.6 Å². The molecule has 116 valence electrons. The van der Waals surface area contributed by atoms with Crippen LogP contribution in [0, 0.1) is 0 Å². The number of rotatable bonds is 7. The van der Waals surface area contributed by atoms with Crippen molar-refractivity contribution in [2.45, 2.75) is 13.3 Å². The van der Waals surface area contributed by atoms with Crippen LogP contribution in [0.5, 0.6) is 0 Å². The second-order valence-electron chi connectivity index (χ2n) is 4.92. The largest absolute Gasteiger partial charge is 0.379 e. The highest BCUT2D eigenvalue weighted by molar-refractivity contribution is 5.91. The molecule has 21 heavy (non-hydrogen) atoms. The van der Waals surface area contributed by atoms with Gasteiger partial charge in [0.25, 0.3) is 5.91 Å². The molecule has 0 bridgehead atoms. The molecule has 0 aromatic carbocycles. The summed E-state index contributed by atoms with van der Waals surface area (Å²) in [7, 11) is 0. The maximum absolute atomic E-state index is 11.9. The number of carbonyl (C=O) groups is 1. The molecule has 1 aromatic rings. The van der Waals surface area contributed by atoms with Gasteiger partial charge in [0.15, 0.2) is 0 Å². The highest BCUT2D eigenvalue weighted by atomic mass is 16.5. The molecule has 1 saturated heterocycles. The molecule has 1 aliphatic heterocycles. The summed E-state index contributed by atoms with van der Waals surface area (Å²) in [5.41, 5.74) is 0.346. The van der Waals surface area contributed by atoms with Gasteiger partial charge in [-0.1, -0.05) is 6.92 Å². The standard InChI is InChI=1S/C14H23N5O2/c1-2-3-15-13-11-17-12(10-18-13)14(20)16-4-5-19-6-8-21-9-7-19/h10-11H,2-9H2,1H3,(H,15,18)(H,16,20). The van der Waals surface area contributed by atoms with Crippen LogP contribution in [0.3, 0.4) is 0 Å². The first-order valence-corrected chi connectivity index (χ1v) is 7.44. The SMILES string of the molecule is CCCNc1cnc(C(=O)NCCN2CCOCC2)cn1. The smallest absolute Gasteiger partial charge is 0.271 e. The molecule has 7 nitrogen and oxygen atoms in total. The highest BCUT2D eigenvalue weighted by Gasteiger charge is 2.11. The number of amides is 1. The third-order valence-corrected chi connectivity index (χ3v) is 3.26. The van der Waals surface area contributed by atoms with E-state index in [2.05, 4.69) is 32.4 Å². The van der Waals surface area contributed by atoms with Crippen LogP contribution in [-0.2, 0) is 4.74 Å². The van der Waals surface area contributed by atoms with Gasteiger partial charge in [-0.05, 0) is 6.42 Å². The Labute approximate surface area is 125 Å². The second-order valence-corrected chi connectivity index (χ2v) is 4.92. The van der Waals surface area contributed by atoms with E-state index in [1.54, 1.807) is 6.20 Å². The average molecular weight is 293 g/mol. The Kier molecular flexibility index (Phi) is 6.36. The molecule has 0 spiro atoms. The van der Waals surface area contributed by atoms with E-state index >= 15 is 0 Å². The molecule has 2 heterocycles. The Hall–Kier alpha value is -1.73. The average Bonchev–Trinajstić information content (AvgIpc) is 2.54. The molecule has 2 N–H and O–H groups in total. The molecule has 7 heteroatoms. The summed E-state index contributed by atoms with van der Waals surface area (Å²) in [6, 6.07) is 0. The number of aromatic nitrogens is 2. The van der Waals surface area contributed by atoms with E-state index in [-0.39, 0.29) is 5.91 Å². The lowest BCUT2D eigenvalue weighted by Crippen LogP contribution is -2.41. The van der Waals surface area contributed by atoms with Crippen LogP contribution in [0.4, 0.5) is 5.82 Å². The van der Waals surface area contributed by atoms with E-state index in [4.69, 9.17) is 4.74 Å². The Morgan fingerprint density at radius 1 is 1.29 bits per heavy atom. The van der Waals surface area contributed by atoms with E-state index in [1.807, 2.05) is 0 Å². The zero-order chi connectivity index (χ0) is 14.9. The number of nitrogens with one attached hydrogen (secondary N) is 2. The van der Waals surface area contributed by atoms with Crippen LogP contribution in [0.1, 0.15) is 23.8 Å². The number of anilines is 1. The van der Waals surface area contributed by atoms with Crippen molar-refractivity contribution in [3.05, 3.63) is 18.1 Å². The molecule has 0 aliphatic carbocycles. The monoisotopic (exact) mass is 293 g/mol. The van der Waals surface area contributed by atoms with E-state index < -0.39 is 0 Å². The summed E-state index contributed by atoms with van der Waals surface area (Å²) in [5.74, 6) is 0.513. The van der Waals surface area contributed by atoms with Crippen LogP contribution in [0.25, 0.3) is 0 Å². The molecule has 0 atom stereocenters. The van der Waals surface area contributed by atoms with E-state index in [0.717, 1.165) is 45.8 Å². The summed E-state index contributed by atoms with van der Waals surface area (Å²) >= 11 is 0. The first-order chi connectivity index (χ1) is 10.3. The fraction of sp³-hybridized carbons (Fsp3) is 0.643. The lowest BCUT2D eigenvalue weighted by Gasteiger charge is -2.26. The third kappa shape index (κ3) is 5.28. The van der Waals surface area contributed by atoms with Crippen molar-refractivity contribution in [2.24, 2.45) is 0 Å². The zero-order valence-corrected chi connectivity index (χ0v) is 12.5. The molecular formula is C14H23N5O2. The van der Waals surface area contributed by atoms with Crippen molar-refractivity contribution in [3.8, 4) is 0 Å². The van der Waals surface area contributed by atoms with Gasteiger partial charge in [0.2, 0.25) is 0 Å². The van der Waals surface area contributed by atoms with Crippen LogP contribution in [0.15, 0.2) is 12.4 Å². The molecule has 1 aromatic heterocycles. The fourth-order valence-corrected chi connectivity index (χ4v) is 2.03. The maximum atomic E-state index is 11.9. The molecule has 0 unspecified atom stereocenters. The van der Waals surface area contributed by atoms with E-state index in [0.29, 0.717) is 18.1 Å². The fourth-order valence-electron chi connectivity index (χ4n) is 2.03. The van der Waals surface area contributed by atoms with Crippen molar-refractivity contribution >= 4 is 11.7 Å². The lowest BCUT2D eigenvalue weighted by atomic mass is 10.4. The minimum absolute atomic E-state index is 0.183. The summed E-state index contributed by atoms with van der Waals surface area (Å²) in [6.45, 7) is 7.75. The first kappa shape index (κ1) is 15.7. The molecule has 0 saturated carbocycles. The summed E-state index contributed by atoms with van der Waals surface area (Å²) in [6.07, 6.45) is 4.11. The van der Waals surface area contributed by atoms with Gasteiger partial charge in [-0.3, -0.25) is 9.69 Å². The Morgan fingerprint density at radius 3 is 2.76 bits per heavy atom. The lowest BCUT2D eigenvalue weighted by molar-refractivity contribution is 0.0383. The van der Waals surface area contributed by atoms with Gasteiger partial charge in [-0.25, -0.2) is 9.97 Å². The molecular weight excluding hydrogens is 270 g/mol. The Balaban J connectivity index is 1.72. The van der Waals surface area contributed by atoms with Crippen molar-refractivity contribution in [3.63, 3.8) is 0 Å². The summed E-state index contributed by atoms with van der Waals surface area (Å²) in [4.78, 5) is 22.5. The zero-order valence-electron chi connectivity index (χ0n) is 12.5. The van der Waals surface area contributed by atoms with Crippen LogP contribution >= 0.6 is 0 Å². The van der Waals surface area contributed by atoms with Gasteiger partial charge < -0.3 is 15.4 Å². The van der Waals surface area contributed by atoms with Gasteiger partial charge in [0.1, 0.15) is 11.5 Å². The number of hydrogen-bond donors (Lipinski definition) is 2. The van der Waals surface area contributed by atoms with Crippen LogP contribution < -0.4 is 10.6 Å². The summed E-state index contributed by atoms with van der Waals surface area (Å²) in [5, 5.41) is 5.99. The number of hydrogen-bond acceptors (Lipinski definition) is 6. The van der Waals surface area contributed by atoms with Crippen molar-refractivity contribution < 1.29 is 9.53 Å². The van der Waals surface area contributed by atoms with Crippen LogP contribution in [-0.4, -0.2) is 66.7 Å². The highest BCUT2D eigenvalue weighted by Crippen LogP contribution is 2.01. The minimum atomic E-state index is -0.183. The van der Waals surface area contributed by atoms with Crippen molar-refractivity contribution in [1.29, 1.82) is 0 Å². The normalized spacial score (nSPS) is 15.7. The van der Waals surface area contributed by atoms with Gasteiger partial charge in [-0.15, -0.1) is 0 Å². The topological polar surface area (TPSA) is 79.4 Å². The second kappa shape index (κ2) is 8.53. The predicted octanol–water partition coefficient (Wildman–Crippen LogP) is 0.361. The third-order valence-electron chi connectivity index (χ3n) is 3.26.